The second-order valence-corrected chi connectivity index (χ2v) is 4.74. The van der Waals surface area contributed by atoms with Gasteiger partial charge in [0, 0.05) is 23.7 Å². The molecule has 6 nitrogen and oxygen atoms in total. The molecule has 1 heterocycles. The summed E-state index contributed by atoms with van der Waals surface area (Å²) in [5.74, 6) is 0.130. The van der Waals surface area contributed by atoms with Crippen molar-refractivity contribution in [3.05, 3.63) is 39.0 Å². The molecule has 102 valence electrons. The van der Waals surface area contributed by atoms with Gasteiger partial charge in [-0.05, 0) is 13.8 Å². The summed E-state index contributed by atoms with van der Waals surface area (Å²) in [7, 11) is 0. The van der Waals surface area contributed by atoms with Gasteiger partial charge in [0.25, 0.3) is 0 Å². The maximum Gasteiger partial charge on any atom is 0.311 e. The van der Waals surface area contributed by atoms with Crippen LogP contribution in [0, 0.1) is 21.4 Å². The zero-order chi connectivity index (χ0) is 14.9. The van der Waals surface area contributed by atoms with Gasteiger partial charge >= 0.3 is 5.69 Å². The van der Waals surface area contributed by atoms with Crippen molar-refractivity contribution in [1.29, 1.82) is 5.26 Å². The number of ether oxygens (including phenoxy) is 1. The van der Waals surface area contributed by atoms with E-state index in [9.17, 15) is 10.1 Å². The number of pyridine rings is 1. The van der Waals surface area contributed by atoms with Crippen LogP contribution in [0.3, 0.4) is 0 Å². The highest BCUT2D eigenvalue weighted by Gasteiger charge is 2.20. The van der Waals surface area contributed by atoms with E-state index in [4.69, 9.17) is 21.6 Å². The predicted octanol–water partition coefficient (Wildman–Crippen LogP) is 3.46. The number of rotatable bonds is 3. The third-order valence-electron chi connectivity index (χ3n) is 2.56. The molecule has 1 aromatic carbocycles. The zero-order valence-electron chi connectivity index (χ0n) is 10.8. The van der Waals surface area contributed by atoms with E-state index >= 15 is 0 Å². The molecule has 0 spiro atoms. The van der Waals surface area contributed by atoms with Crippen LogP contribution in [0.25, 0.3) is 10.9 Å². The Labute approximate surface area is 119 Å². The lowest BCUT2D eigenvalue weighted by Crippen LogP contribution is -2.07. The monoisotopic (exact) mass is 291 g/mol. The molecule has 2 aromatic rings. The Morgan fingerprint density at radius 2 is 2.20 bits per heavy atom. The summed E-state index contributed by atoms with van der Waals surface area (Å²) in [5, 5.41) is 20.5. The first-order valence-electron chi connectivity index (χ1n) is 5.77. The molecule has 0 N–H and O–H groups in total. The van der Waals surface area contributed by atoms with Crippen LogP contribution < -0.4 is 4.74 Å². The number of nitrogens with zero attached hydrogens (tertiary/aromatic N) is 3. The van der Waals surface area contributed by atoms with Crippen LogP contribution in [0.1, 0.15) is 19.4 Å². The smallest absolute Gasteiger partial charge is 0.311 e. The lowest BCUT2D eigenvalue weighted by molar-refractivity contribution is -0.385. The van der Waals surface area contributed by atoms with Gasteiger partial charge in [0.2, 0.25) is 0 Å². The fraction of sp³-hybridized carbons (Fsp3) is 0.231. The summed E-state index contributed by atoms with van der Waals surface area (Å²) in [4.78, 5) is 14.6. The van der Waals surface area contributed by atoms with Crippen LogP contribution in [-0.4, -0.2) is 16.0 Å². The van der Waals surface area contributed by atoms with E-state index in [1.54, 1.807) is 13.8 Å². The number of nitro groups is 1. The average molecular weight is 292 g/mol. The molecule has 20 heavy (non-hydrogen) atoms. The highest BCUT2D eigenvalue weighted by atomic mass is 35.5. The van der Waals surface area contributed by atoms with Gasteiger partial charge < -0.3 is 4.74 Å². The van der Waals surface area contributed by atoms with Crippen molar-refractivity contribution in [2.45, 2.75) is 20.0 Å². The topological polar surface area (TPSA) is 89.0 Å². The van der Waals surface area contributed by atoms with Crippen molar-refractivity contribution < 1.29 is 9.66 Å². The molecule has 0 aliphatic carbocycles. The number of aromatic nitrogens is 1. The molecule has 0 aliphatic heterocycles. The van der Waals surface area contributed by atoms with E-state index in [0.717, 1.165) is 0 Å². The summed E-state index contributed by atoms with van der Waals surface area (Å²) >= 11 is 6.05. The Kier molecular flexibility index (Phi) is 3.72. The molecule has 1 aromatic heterocycles. The van der Waals surface area contributed by atoms with Gasteiger partial charge in [-0.25, -0.2) is 0 Å². The van der Waals surface area contributed by atoms with Gasteiger partial charge in [-0.3, -0.25) is 15.1 Å². The summed E-state index contributed by atoms with van der Waals surface area (Å²) in [6.45, 7) is 3.54. The minimum Gasteiger partial charge on any atom is -0.484 e. The van der Waals surface area contributed by atoms with E-state index in [-0.39, 0.29) is 28.1 Å². The van der Waals surface area contributed by atoms with Crippen LogP contribution in [0.5, 0.6) is 5.75 Å². The molecular formula is C13H10ClN3O3. The molecule has 0 unspecified atom stereocenters. The van der Waals surface area contributed by atoms with E-state index in [1.807, 2.05) is 6.07 Å². The normalized spacial score (nSPS) is 10.6. The first kappa shape index (κ1) is 14.0. The Morgan fingerprint density at radius 1 is 1.50 bits per heavy atom. The molecular weight excluding hydrogens is 282 g/mol. The van der Waals surface area contributed by atoms with E-state index in [2.05, 4.69) is 4.98 Å². The molecule has 0 bridgehead atoms. The number of nitro benzene ring substituents is 1. The van der Waals surface area contributed by atoms with Crippen LogP contribution in [-0.2, 0) is 0 Å². The maximum absolute atomic E-state index is 11.1. The van der Waals surface area contributed by atoms with Gasteiger partial charge in [0.05, 0.1) is 27.1 Å². The zero-order valence-corrected chi connectivity index (χ0v) is 11.5. The number of hydrogen-bond donors (Lipinski definition) is 0. The predicted molar refractivity (Wildman–Crippen MR) is 73.9 cm³/mol. The largest absolute Gasteiger partial charge is 0.484 e. The summed E-state index contributed by atoms with van der Waals surface area (Å²) < 4.78 is 5.42. The molecule has 2 rings (SSSR count). The van der Waals surface area contributed by atoms with Crippen LogP contribution in [0.15, 0.2) is 18.3 Å². The Balaban J connectivity index is 2.75. The van der Waals surface area contributed by atoms with Crippen LogP contribution in [0.4, 0.5) is 5.69 Å². The van der Waals surface area contributed by atoms with Crippen molar-refractivity contribution in [3.8, 4) is 11.8 Å². The van der Waals surface area contributed by atoms with E-state index in [1.165, 1.54) is 18.3 Å². The van der Waals surface area contributed by atoms with Gasteiger partial charge in [-0.1, -0.05) is 11.6 Å². The molecule has 0 radical (unpaired) electrons. The number of benzene rings is 1. The Hall–Kier alpha value is -2.39. The highest BCUT2D eigenvalue weighted by Crippen LogP contribution is 2.35. The summed E-state index contributed by atoms with van der Waals surface area (Å²) in [6.07, 6.45) is 1.12. The highest BCUT2D eigenvalue weighted by molar-refractivity contribution is 6.36. The summed E-state index contributed by atoms with van der Waals surface area (Å²) in [5.41, 5.74) is 0.409. The fourth-order valence-electron chi connectivity index (χ4n) is 1.75. The minimum absolute atomic E-state index is 0.130. The van der Waals surface area contributed by atoms with Gasteiger partial charge in [0.1, 0.15) is 6.07 Å². The lowest BCUT2D eigenvalue weighted by atomic mass is 10.1. The Bertz CT molecular complexity index is 738. The third kappa shape index (κ3) is 2.49. The quantitative estimate of drug-likeness (QED) is 0.638. The Morgan fingerprint density at radius 3 is 2.75 bits per heavy atom. The second kappa shape index (κ2) is 5.31. The number of hydrogen-bond acceptors (Lipinski definition) is 5. The first-order valence-corrected chi connectivity index (χ1v) is 6.15. The van der Waals surface area contributed by atoms with Gasteiger partial charge in [0.15, 0.2) is 5.75 Å². The van der Waals surface area contributed by atoms with Crippen molar-refractivity contribution in [1.82, 2.24) is 4.98 Å². The standard InChI is InChI=1S/C13H10ClN3O3/c1-7(2)20-12-4-10-9(3-11(12)17(18)19)13(14)8(5-15)6-16-10/h3-4,6-7H,1-2H3. The number of halogens is 1. The van der Waals surface area contributed by atoms with Gasteiger partial charge in [-0.15, -0.1) is 0 Å². The van der Waals surface area contributed by atoms with Crippen LogP contribution in [0.2, 0.25) is 5.02 Å². The summed E-state index contributed by atoms with van der Waals surface area (Å²) in [6, 6.07) is 4.63. The SMILES string of the molecule is CC(C)Oc1cc2ncc(C#N)c(Cl)c2cc1[N+](=O)[O-]. The van der Waals surface area contributed by atoms with Crippen molar-refractivity contribution >= 4 is 28.2 Å². The third-order valence-corrected chi connectivity index (χ3v) is 2.97. The van der Waals surface area contributed by atoms with Crippen molar-refractivity contribution in [2.75, 3.05) is 0 Å². The molecule has 0 saturated carbocycles. The molecule has 7 heteroatoms. The molecule has 0 amide bonds. The molecule has 0 fully saturated rings. The molecule has 0 aliphatic rings. The molecule has 0 saturated heterocycles. The van der Waals surface area contributed by atoms with E-state index < -0.39 is 4.92 Å². The number of fused-ring (bicyclic) bond motifs is 1. The van der Waals surface area contributed by atoms with Crippen molar-refractivity contribution in [3.63, 3.8) is 0 Å². The van der Waals surface area contributed by atoms with E-state index in [0.29, 0.717) is 10.9 Å². The minimum atomic E-state index is -0.549. The second-order valence-electron chi connectivity index (χ2n) is 4.36. The number of nitriles is 1. The van der Waals surface area contributed by atoms with Crippen molar-refractivity contribution in [2.24, 2.45) is 0 Å². The van der Waals surface area contributed by atoms with Crippen LogP contribution >= 0.6 is 11.6 Å². The average Bonchev–Trinajstić information content (AvgIpc) is 2.37. The van der Waals surface area contributed by atoms with Gasteiger partial charge in [-0.2, -0.15) is 5.26 Å². The molecule has 0 atom stereocenters. The fourth-order valence-corrected chi connectivity index (χ4v) is 1.99. The lowest BCUT2D eigenvalue weighted by Gasteiger charge is -2.11. The maximum atomic E-state index is 11.1. The first-order chi connectivity index (χ1) is 9.43.